The smallest absolute Gasteiger partial charge is 0.291 e. The number of rotatable bonds is 15. The van der Waals surface area contributed by atoms with E-state index in [2.05, 4.69) is 41.2 Å². The molecule has 1 saturated carbocycles. The van der Waals surface area contributed by atoms with Gasteiger partial charge in [-0.25, -0.2) is 4.98 Å². The quantitative estimate of drug-likeness (QED) is 0.0909. The summed E-state index contributed by atoms with van der Waals surface area (Å²) in [5, 5.41) is 19.1. The summed E-state index contributed by atoms with van der Waals surface area (Å²) < 4.78 is 4.23. The molecule has 1 aromatic heterocycles. The van der Waals surface area contributed by atoms with Gasteiger partial charge in [0.1, 0.15) is 17.9 Å². The van der Waals surface area contributed by atoms with E-state index in [0.29, 0.717) is 31.6 Å². The topological polar surface area (TPSA) is 198 Å². The van der Waals surface area contributed by atoms with Crippen LogP contribution in [0.1, 0.15) is 88.1 Å². The molecule has 0 saturated heterocycles. The molecule has 0 radical (unpaired) electrons. The number of carbonyl (C=O) groups excluding carboxylic acids is 4. The van der Waals surface area contributed by atoms with Gasteiger partial charge in [-0.05, 0) is 65.3 Å². The highest BCUT2D eigenvalue weighted by Gasteiger charge is 2.31. The molecule has 6 N–H and O–H groups in total. The van der Waals surface area contributed by atoms with Gasteiger partial charge in [0.05, 0.1) is 6.04 Å². The minimum Gasteiger partial charge on any atom is -0.454 e. The Kier molecular flexibility index (Phi) is 14.0. The number of aryl methyl sites for hydroxylation is 1. The van der Waals surface area contributed by atoms with Crippen molar-refractivity contribution in [2.75, 3.05) is 19.9 Å². The van der Waals surface area contributed by atoms with Gasteiger partial charge in [-0.2, -0.15) is 0 Å². The van der Waals surface area contributed by atoms with Gasteiger partial charge in [0.25, 0.3) is 5.91 Å². The number of hydrogen-bond acceptors (Lipinski definition) is 7. The maximum atomic E-state index is 13.6. The summed E-state index contributed by atoms with van der Waals surface area (Å²) in [6.07, 6.45) is 6.85. The van der Waals surface area contributed by atoms with Gasteiger partial charge in [0.15, 0.2) is 5.78 Å². The normalized spacial score (nSPS) is 16.6. The number of guanidine groups is 1. The summed E-state index contributed by atoms with van der Waals surface area (Å²) in [6.45, 7) is 9.14. The van der Waals surface area contributed by atoms with E-state index in [9.17, 15) is 19.2 Å². The lowest BCUT2D eigenvalue weighted by molar-refractivity contribution is -0.132. The van der Waals surface area contributed by atoms with Crippen molar-refractivity contribution in [3.63, 3.8) is 0 Å². The average molecular weight is 579 g/mol. The molecule has 40 heavy (non-hydrogen) atoms. The second-order valence-electron chi connectivity index (χ2n) is 10.5. The number of amides is 3. The third-order valence-corrected chi connectivity index (χ3v) is 7.40. The first-order valence-electron chi connectivity index (χ1n) is 14.0. The molecule has 2 rings (SSSR count). The summed E-state index contributed by atoms with van der Waals surface area (Å²) in [7, 11) is -0.581. The Bertz CT molecular complexity index is 1020. The number of aromatic nitrogens is 3. The number of H-pyrrole nitrogens is 1. The molecule has 14 heteroatoms. The monoisotopic (exact) mass is 578 g/mol. The van der Waals surface area contributed by atoms with Crippen LogP contribution in [0.25, 0.3) is 5.32 Å². The van der Waals surface area contributed by atoms with Gasteiger partial charge < -0.3 is 31.8 Å². The Balaban J connectivity index is 2.16. The fourth-order valence-electron chi connectivity index (χ4n) is 4.68. The predicted molar refractivity (Wildman–Crippen MR) is 156 cm³/mol. The van der Waals surface area contributed by atoms with Gasteiger partial charge in [0.2, 0.25) is 17.6 Å². The van der Waals surface area contributed by atoms with Gasteiger partial charge in [-0.3, -0.25) is 24.3 Å². The summed E-state index contributed by atoms with van der Waals surface area (Å²) in [5.41, 5.74) is 5.83. The van der Waals surface area contributed by atoms with Crippen molar-refractivity contribution in [2.45, 2.75) is 96.7 Å². The largest absolute Gasteiger partial charge is 0.454 e. The molecular formula is C26H45N9O4P-. The lowest BCUT2D eigenvalue weighted by Gasteiger charge is -2.28. The molecule has 0 aliphatic heterocycles. The van der Waals surface area contributed by atoms with Crippen molar-refractivity contribution in [1.82, 2.24) is 31.1 Å². The third kappa shape index (κ3) is 11.6. The highest BCUT2D eigenvalue weighted by Crippen LogP contribution is 2.28. The van der Waals surface area contributed by atoms with E-state index in [1.165, 1.54) is 6.92 Å². The van der Waals surface area contributed by atoms with Crippen molar-refractivity contribution >= 4 is 37.5 Å². The first-order valence-corrected chi connectivity index (χ1v) is 16.2. The zero-order chi connectivity index (χ0) is 29.7. The van der Waals surface area contributed by atoms with Crippen molar-refractivity contribution in [2.24, 2.45) is 16.4 Å². The van der Waals surface area contributed by atoms with Gasteiger partial charge >= 0.3 is 0 Å². The average Bonchev–Trinajstić information content (AvgIpc) is 3.34. The third-order valence-electron chi connectivity index (χ3n) is 6.79. The van der Waals surface area contributed by atoms with Crippen LogP contribution in [-0.4, -0.2) is 82.6 Å². The highest BCUT2D eigenvalue weighted by molar-refractivity contribution is 7.54. The summed E-state index contributed by atoms with van der Waals surface area (Å²) >= 11 is 0. The molecule has 3 atom stereocenters. The van der Waals surface area contributed by atoms with E-state index >= 15 is 0 Å². The molecule has 1 aromatic rings. The standard InChI is InChI=1S/C26H46N9O4P/c1-6-19(16(2)36)30-23(37)20(13-10-14-28-26(27)35-40(4)5)31-24(38)21(15-18-11-8-7-9-12-18)32-25(39)22-29-17(3)33-34-22/h18-21H,6-15H2,1-5H3,(H7,27,28,29,30,31,32,33,34,35,37,38,39)/p-1. The molecule has 0 spiro atoms. The maximum Gasteiger partial charge on any atom is 0.291 e. The predicted octanol–water partition coefficient (Wildman–Crippen LogP) is 2.28. The van der Waals surface area contributed by atoms with Crippen LogP contribution in [0.2, 0.25) is 0 Å². The highest BCUT2D eigenvalue weighted by atomic mass is 31.1. The van der Waals surface area contributed by atoms with E-state index in [1.54, 1.807) is 13.8 Å². The molecule has 1 heterocycles. The van der Waals surface area contributed by atoms with Gasteiger partial charge in [-0.1, -0.05) is 47.1 Å². The molecular weight excluding hydrogens is 533 g/mol. The molecule has 0 aromatic carbocycles. The minimum absolute atomic E-state index is 0.0517. The Morgan fingerprint density at radius 1 is 1.07 bits per heavy atom. The molecule has 1 fully saturated rings. The molecule has 3 amide bonds. The van der Waals surface area contributed by atoms with Crippen molar-refractivity contribution in [3.8, 4) is 0 Å². The zero-order valence-electron chi connectivity index (χ0n) is 24.3. The fourth-order valence-corrected chi connectivity index (χ4v) is 5.16. The van der Waals surface area contributed by atoms with E-state index in [0.717, 1.165) is 32.1 Å². The Hall–Kier alpha value is -3.08. The summed E-state index contributed by atoms with van der Waals surface area (Å²) in [6, 6.07) is -2.46. The second-order valence-corrected chi connectivity index (χ2v) is 12.4. The molecule has 224 valence electrons. The molecule has 0 bridgehead atoms. The first-order chi connectivity index (χ1) is 19.0. The van der Waals surface area contributed by atoms with E-state index in [4.69, 9.17) is 5.73 Å². The lowest BCUT2D eigenvalue weighted by Crippen LogP contribution is -2.56. The molecule has 1 aliphatic carbocycles. The molecule has 3 unspecified atom stereocenters. The fraction of sp³-hybridized carbons (Fsp3) is 0.731. The van der Waals surface area contributed by atoms with Gasteiger partial charge in [-0.15, -0.1) is 5.10 Å². The SMILES string of the molecule is CCC(NC(=O)C(CCC[N-]/C(N)=N\P(C)C)NC(=O)C(CC1CCCCC1)NC(=O)c1n[nH]c(C)n1)C(C)=O. The Morgan fingerprint density at radius 3 is 2.30 bits per heavy atom. The number of hydrogen-bond donors (Lipinski definition) is 5. The molecule has 13 nitrogen and oxygen atoms in total. The minimum atomic E-state index is -0.930. The Labute approximate surface area is 237 Å². The van der Waals surface area contributed by atoms with E-state index in [-0.39, 0.29) is 29.9 Å². The van der Waals surface area contributed by atoms with Gasteiger partial charge in [0, 0.05) is 5.96 Å². The Morgan fingerprint density at radius 2 is 1.73 bits per heavy atom. The summed E-state index contributed by atoms with van der Waals surface area (Å²) in [5.74, 6) is -0.749. The van der Waals surface area contributed by atoms with E-state index < -0.39 is 43.9 Å². The zero-order valence-corrected chi connectivity index (χ0v) is 25.2. The van der Waals surface area contributed by atoms with Crippen LogP contribution >= 0.6 is 8.07 Å². The number of nitrogens with two attached hydrogens (primary N) is 1. The van der Waals surface area contributed by atoms with Crippen LogP contribution in [0.4, 0.5) is 0 Å². The van der Waals surface area contributed by atoms with Crippen LogP contribution in [0.3, 0.4) is 0 Å². The number of Topliss-reactive ketones (excluding diaryl/α,β-unsaturated/α-hetero) is 1. The number of nitrogens with one attached hydrogen (secondary N) is 4. The number of aromatic amines is 1. The lowest BCUT2D eigenvalue weighted by atomic mass is 9.84. The van der Waals surface area contributed by atoms with Crippen LogP contribution in [0.5, 0.6) is 0 Å². The first kappa shape index (κ1) is 33.1. The second kappa shape index (κ2) is 16.9. The molecule has 1 aliphatic rings. The van der Waals surface area contributed by atoms with Crippen LogP contribution in [-0.2, 0) is 14.4 Å². The number of nitrogens with zero attached hydrogens (tertiary/aromatic N) is 4. The van der Waals surface area contributed by atoms with Crippen molar-refractivity contribution < 1.29 is 19.2 Å². The van der Waals surface area contributed by atoms with Crippen molar-refractivity contribution in [3.05, 3.63) is 17.0 Å². The van der Waals surface area contributed by atoms with Crippen LogP contribution < -0.4 is 21.7 Å². The van der Waals surface area contributed by atoms with Crippen LogP contribution in [0, 0.1) is 12.8 Å². The van der Waals surface area contributed by atoms with Crippen LogP contribution in [0.15, 0.2) is 4.76 Å². The van der Waals surface area contributed by atoms with Crippen molar-refractivity contribution in [1.29, 1.82) is 0 Å². The number of carbonyl (C=O) groups is 4. The van der Waals surface area contributed by atoms with E-state index in [1.807, 2.05) is 13.3 Å². The maximum absolute atomic E-state index is 13.6. The summed E-state index contributed by atoms with van der Waals surface area (Å²) in [4.78, 5) is 55.7. The number of ketones is 1.